The van der Waals surface area contributed by atoms with E-state index in [1.54, 1.807) is 18.2 Å². The van der Waals surface area contributed by atoms with E-state index in [9.17, 15) is 13.2 Å². The van der Waals surface area contributed by atoms with Gasteiger partial charge in [0.2, 0.25) is 20.1 Å². The summed E-state index contributed by atoms with van der Waals surface area (Å²) in [5.74, 6) is -0.971. The summed E-state index contributed by atoms with van der Waals surface area (Å²) in [6, 6.07) is 4.98. The van der Waals surface area contributed by atoms with E-state index in [4.69, 9.17) is 11.5 Å². The lowest BCUT2D eigenvalue weighted by atomic mass is 10.3. The Morgan fingerprint density at radius 2 is 2.11 bits per heavy atom. The summed E-state index contributed by atoms with van der Waals surface area (Å²) in [5.41, 5.74) is 11.7. The van der Waals surface area contributed by atoms with Gasteiger partial charge < -0.3 is 11.5 Å². The van der Waals surface area contributed by atoms with Gasteiger partial charge >= 0.3 is 0 Å². The molecule has 8 heteroatoms. The Morgan fingerprint density at radius 1 is 1.39 bits per heavy atom. The molecule has 0 bridgehead atoms. The number of benzene rings is 1. The molecule has 2 rings (SSSR count). The molecule has 0 saturated carbocycles. The number of thiazole rings is 1. The monoisotopic (exact) mass is 285 g/mol. The van der Waals surface area contributed by atoms with Gasteiger partial charge in [0.15, 0.2) is 0 Å². The molecule has 0 unspecified atom stereocenters. The molecular formula is C10H11N3O3S2. The third kappa shape index (κ3) is 2.59. The number of carbonyl (C=O) groups excluding carboxylic acids is 1. The number of primary amides is 1. The first-order valence-electron chi connectivity index (χ1n) is 5.05. The summed E-state index contributed by atoms with van der Waals surface area (Å²) in [7, 11) is -3.56. The summed E-state index contributed by atoms with van der Waals surface area (Å²) in [6.07, 6.45) is -0.208. The molecule has 96 valence electrons. The van der Waals surface area contributed by atoms with Gasteiger partial charge in [-0.3, -0.25) is 4.79 Å². The van der Waals surface area contributed by atoms with Crippen LogP contribution in [-0.2, 0) is 14.6 Å². The van der Waals surface area contributed by atoms with Crippen LogP contribution in [0.3, 0.4) is 0 Å². The number of fused-ring (bicyclic) bond motifs is 1. The van der Waals surface area contributed by atoms with Crippen LogP contribution in [0.2, 0.25) is 0 Å². The predicted molar refractivity (Wildman–Crippen MR) is 69.9 cm³/mol. The molecule has 4 N–H and O–H groups in total. The molecule has 0 spiro atoms. The first-order valence-corrected chi connectivity index (χ1v) is 7.52. The van der Waals surface area contributed by atoms with Gasteiger partial charge in [-0.05, 0) is 18.2 Å². The summed E-state index contributed by atoms with van der Waals surface area (Å²) >= 11 is 1.04. The van der Waals surface area contributed by atoms with Crippen molar-refractivity contribution in [3.63, 3.8) is 0 Å². The van der Waals surface area contributed by atoms with Crippen molar-refractivity contribution in [2.45, 2.75) is 10.8 Å². The first-order chi connectivity index (χ1) is 8.38. The number of hydrogen-bond acceptors (Lipinski definition) is 6. The van der Waals surface area contributed by atoms with Gasteiger partial charge in [-0.2, -0.15) is 0 Å². The minimum Gasteiger partial charge on any atom is -0.399 e. The van der Waals surface area contributed by atoms with Crippen LogP contribution in [0.1, 0.15) is 6.42 Å². The molecule has 0 aliphatic rings. The lowest BCUT2D eigenvalue weighted by Crippen LogP contribution is -2.17. The number of carbonyl (C=O) groups is 1. The Labute approximate surface area is 108 Å². The van der Waals surface area contributed by atoms with Crippen molar-refractivity contribution in [3.8, 4) is 0 Å². The van der Waals surface area contributed by atoms with Gasteiger partial charge in [0, 0.05) is 12.1 Å². The Balaban J connectivity index is 2.38. The Morgan fingerprint density at radius 3 is 2.78 bits per heavy atom. The van der Waals surface area contributed by atoms with E-state index in [-0.39, 0.29) is 16.5 Å². The van der Waals surface area contributed by atoms with Crippen LogP contribution in [0.25, 0.3) is 10.2 Å². The van der Waals surface area contributed by atoms with Crippen molar-refractivity contribution in [2.75, 3.05) is 11.5 Å². The van der Waals surface area contributed by atoms with Gasteiger partial charge in [0.25, 0.3) is 0 Å². The number of nitrogen functional groups attached to an aromatic ring is 1. The summed E-state index contributed by atoms with van der Waals surface area (Å²) in [6.45, 7) is 0. The number of rotatable bonds is 4. The van der Waals surface area contributed by atoms with E-state index in [0.29, 0.717) is 15.9 Å². The summed E-state index contributed by atoms with van der Waals surface area (Å²) < 4.78 is 24.5. The molecule has 0 radical (unpaired) electrons. The normalized spacial score (nSPS) is 11.8. The second kappa shape index (κ2) is 4.54. The van der Waals surface area contributed by atoms with Gasteiger partial charge in [0.05, 0.1) is 16.0 Å². The van der Waals surface area contributed by atoms with Crippen LogP contribution in [-0.4, -0.2) is 25.1 Å². The quantitative estimate of drug-likeness (QED) is 0.795. The molecule has 0 saturated heterocycles. The number of nitrogens with two attached hydrogens (primary N) is 2. The average Bonchev–Trinajstić information content (AvgIpc) is 2.70. The van der Waals surface area contributed by atoms with Crippen LogP contribution in [0.5, 0.6) is 0 Å². The molecule has 1 amide bonds. The minimum atomic E-state index is -3.56. The highest BCUT2D eigenvalue weighted by Gasteiger charge is 2.20. The SMILES string of the molecule is NC(=O)CCS(=O)(=O)c1nc2ccc(N)cc2s1. The molecule has 0 fully saturated rings. The maximum Gasteiger partial charge on any atom is 0.218 e. The zero-order chi connectivity index (χ0) is 13.3. The zero-order valence-electron chi connectivity index (χ0n) is 9.29. The lowest BCUT2D eigenvalue weighted by Gasteiger charge is -1.96. The van der Waals surface area contributed by atoms with Crippen LogP contribution >= 0.6 is 11.3 Å². The van der Waals surface area contributed by atoms with Crippen molar-refractivity contribution in [1.82, 2.24) is 4.98 Å². The first kappa shape index (κ1) is 12.8. The number of aromatic nitrogens is 1. The molecule has 1 heterocycles. The van der Waals surface area contributed by atoms with E-state index in [0.717, 1.165) is 11.3 Å². The standard InChI is InChI=1S/C10H11N3O3S2/c11-6-1-2-7-8(5-6)17-10(13-7)18(15,16)4-3-9(12)14/h1-2,5H,3-4,11H2,(H2,12,14). The minimum absolute atomic E-state index is 0.00986. The van der Waals surface area contributed by atoms with Crippen molar-refractivity contribution >= 4 is 43.0 Å². The smallest absolute Gasteiger partial charge is 0.218 e. The predicted octanol–water partition coefficient (Wildman–Crippen LogP) is 0.528. The highest BCUT2D eigenvalue weighted by molar-refractivity contribution is 7.93. The largest absolute Gasteiger partial charge is 0.399 e. The molecule has 18 heavy (non-hydrogen) atoms. The van der Waals surface area contributed by atoms with E-state index in [1.165, 1.54) is 0 Å². The lowest BCUT2D eigenvalue weighted by molar-refractivity contribution is -0.117. The fourth-order valence-electron chi connectivity index (χ4n) is 1.38. The third-order valence-corrected chi connectivity index (χ3v) is 5.47. The van der Waals surface area contributed by atoms with Crippen LogP contribution < -0.4 is 11.5 Å². The molecule has 1 aromatic carbocycles. The van der Waals surface area contributed by atoms with E-state index in [1.807, 2.05) is 0 Å². The van der Waals surface area contributed by atoms with Crippen molar-refractivity contribution in [2.24, 2.45) is 5.73 Å². The van der Waals surface area contributed by atoms with Gasteiger partial charge in [-0.25, -0.2) is 13.4 Å². The van der Waals surface area contributed by atoms with Crippen molar-refractivity contribution in [1.29, 1.82) is 0 Å². The zero-order valence-corrected chi connectivity index (χ0v) is 10.9. The molecule has 0 aliphatic heterocycles. The number of amides is 1. The van der Waals surface area contributed by atoms with Crippen LogP contribution in [0, 0.1) is 0 Å². The Kier molecular flexibility index (Phi) is 3.22. The number of anilines is 1. The second-order valence-electron chi connectivity index (χ2n) is 3.74. The number of nitrogens with zero attached hydrogens (tertiary/aromatic N) is 1. The van der Waals surface area contributed by atoms with Crippen LogP contribution in [0.15, 0.2) is 22.5 Å². The third-order valence-electron chi connectivity index (χ3n) is 2.28. The highest BCUT2D eigenvalue weighted by atomic mass is 32.2. The van der Waals surface area contributed by atoms with E-state index >= 15 is 0 Å². The molecule has 0 aliphatic carbocycles. The van der Waals surface area contributed by atoms with Crippen molar-refractivity contribution in [3.05, 3.63) is 18.2 Å². The Bertz CT molecular complexity index is 706. The summed E-state index contributed by atoms with van der Waals surface area (Å²) in [5, 5.41) is 0. The maximum atomic E-state index is 11.9. The van der Waals surface area contributed by atoms with Gasteiger partial charge in [-0.15, -0.1) is 11.3 Å². The maximum absolute atomic E-state index is 11.9. The van der Waals surface area contributed by atoms with Gasteiger partial charge in [0.1, 0.15) is 0 Å². The number of sulfone groups is 1. The molecule has 0 atom stereocenters. The van der Waals surface area contributed by atoms with Gasteiger partial charge in [-0.1, -0.05) is 0 Å². The molecular weight excluding hydrogens is 274 g/mol. The Hall–Kier alpha value is -1.67. The van der Waals surface area contributed by atoms with Crippen molar-refractivity contribution < 1.29 is 13.2 Å². The fraction of sp³-hybridized carbons (Fsp3) is 0.200. The summed E-state index contributed by atoms with van der Waals surface area (Å²) in [4.78, 5) is 14.6. The molecule has 1 aromatic heterocycles. The fourth-order valence-corrected chi connectivity index (χ4v) is 4.03. The van der Waals surface area contributed by atoms with Crippen LogP contribution in [0.4, 0.5) is 5.69 Å². The highest BCUT2D eigenvalue weighted by Crippen LogP contribution is 2.27. The molecule has 6 nitrogen and oxygen atoms in total. The average molecular weight is 285 g/mol. The second-order valence-corrected chi connectivity index (χ2v) is 7.06. The number of hydrogen-bond donors (Lipinski definition) is 2. The topological polar surface area (TPSA) is 116 Å². The molecule has 2 aromatic rings. The van der Waals surface area contributed by atoms with E-state index in [2.05, 4.69) is 4.98 Å². The van der Waals surface area contributed by atoms with E-state index < -0.39 is 15.7 Å².